The fourth-order valence-electron chi connectivity index (χ4n) is 3.57. The Morgan fingerprint density at radius 2 is 2.07 bits per heavy atom. The Kier molecular flexibility index (Phi) is 5.15. The van der Waals surface area contributed by atoms with E-state index in [0.29, 0.717) is 13.0 Å². The lowest BCUT2D eigenvalue weighted by Crippen LogP contribution is -2.35. The van der Waals surface area contributed by atoms with Crippen molar-refractivity contribution in [1.82, 2.24) is 29.9 Å². The van der Waals surface area contributed by atoms with E-state index in [0.717, 1.165) is 61.4 Å². The van der Waals surface area contributed by atoms with Gasteiger partial charge in [0.25, 0.3) is 0 Å². The topological polar surface area (TPSA) is 80.3 Å². The molecule has 1 aliphatic rings. The van der Waals surface area contributed by atoms with Crippen LogP contribution in [0.3, 0.4) is 0 Å². The summed E-state index contributed by atoms with van der Waals surface area (Å²) >= 11 is 0. The number of aryl methyl sites for hydroxylation is 2. The molecule has 0 N–H and O–H groups in total. The summed E-state index contributed by atoms with van der Waals surface area (Å²) in [7, 11) is 0. The van der Waals surface area contributed by atoms with Gasteiger partial charge in [0.1, 0.15) is 11.0 Å². The SMILES string of the molecule is Cc1ccn(CCC(=O)N2CCCN(Cc3cccc4nonc34)CC2)n1. The number of hydrogen-bond donors (Lipinski definition) is 0. The smallest absolute Gasteiger partial charge is 0.224 e. The van der Waals surface area contributed by atoms with Gasteiger partial charge in [-0.2, -0.15) is 5.10 Å². The van der Waals surface area contributed by atoms with Crippen LogP contribution in [-0.4, -0.2) is 62.0 Å². The van der Waals surface area contributed by atoms with E-state index in [1.807, 2.05) is 40.9 Å². The van der Waals surface area contributed by atoms with Crippen molar-refractivity contribution in [3.8, 4) is 0 Å². The maximum atomic E-state index is 12.6. The first-order valence-corrected chi connectivity index (χ1v) is 9.39. The fourth-order valence-corrected chi connectivity index (χ4v) is 3.57. The number of aromatic nitrogens is 4. The second-order valence-electron chi connectivity index (χ2n) is 7.03. The summed E-state index contributed by atoms with van der Waals surface area (Å²) in [5.74, 6) is 0.202. The number of rotatable bonds is 5. The van der Waals surface area contributed by atoms with Crippen molar-refractivity contribution in [3.05, 3.63) is 41.7 Å². The number of amides is 1. The number of fused-ring (bicyclic) bond motifs is 1. The summed E-state index contributed by atoms with van der Waals surface area (Å²) in [5.41, 5.74) is 3.70. The molecule has 2 aromatic heterocycles. The molecule has 0 saturated carbocycles. The average Bonchev–Trinajstić information content (AvgIpc) is 3.25. The average molecular weight is 368 g/mol. The van der Waals surface area contributed by atoms with E-state index in [4.69, 9.17) is 4.63 Å². The predicted molar refractivity (Wildman–Crippen MR) is 99.9 cm³/mol. The quantitative estimate of drug-likeness (QED) is 0.684. The zero-order valence-corrected chi connectivity index (χ0v) is 15.5. The number of nitrogens with zero attached hydrogens (tertiary/aromatic N) is 6. The molecule has 1 fully saturated rings. The van der Waals surface area contributed by atoms with Gasteiger partial charge in [0.2, 0.25) is 5.91 Å². The van der Waals surface area contributed by atoms with Crippen LogP contribution in [0.5, 0.6) is 0 Å². The molecule has 142 valence electrons. The minimum absolute atomic E-state index is 0.202. The van der Waals surface area contributed by atoms with Crippen LogP contribution >= 0.6 is 0 Å². The van der Waals surface area contributed by atoms with Crippen molar-refractivity contribution in [2.45, 2.75) is 32.9 Å². The molecule has 27 heavy (non-hydrogen) atoms. The van der Waals surface area contributed by atoms with Gasteiger partial charge in [0.05, 0.1) is 5.69 Å². The molecule has 3 aromatic rings. The molecule has 0 bridgehead atoms. The molecule has 0 unspecified atom stereocenters. The lowest BCUT2D eigenvalue weighted by atomic mass is 10.1. The molecule has 0 atom stereocenters. The van der Waals surface area contributed by atoms with Crippen LogP contribution in [0.15, 0.2) is 35.1 Å². The van der Waals surface area contributed by atoms with Crippen LogP contribution in [0.25, 0.3) is 11.0 Å². The Bertz CT molecular complexity index is 918. The molecule has 4 rings (SSSR count). The van der Waals surface area contributed by atoms with Crippen LogP contribution in [0.2, 0.25) is 0 Å². The first-order chi connectivity index (χ1) is 13.2. The molecule has 0 spiro atoms. The molecule has 3 heterocycles. The van der Waals surface area contributed by atoms with Crippen LogP contribution in [0.4, 0.5) is 0 Å². The molecule has 0 aliphatic carbocycles. The third-order valence-electron chi connectivity index (χ3n) is 5.03. The Labute approximate surface area is 157 Å². The molecular weight excluding hydrogens is 344 g/mol. The van der Waals surface area contributed by atoms with Crippen molar-refractivity contribution < 1.29 is 9.42 Å². The van der Waals surface area contributed by atoms with Crippen LogP contribution < -0.4 is 0 Å². The first kappa shape index (κ1) is 17.7. The van der Waals surface area contributed by atoms with Gasteiger partial charge in [-0.1, -0.05) is 12.1 Å². The second kappa shape index (κ2) is 7.87. The monoisotopic (exact) mass is 368 g/mol. The molecule has 0 radical (unpaired) electrons. The maximum Gasteiger partial charge on any atom is 0.224 e. The van der Waals surface area contributed by atoms with Crippen molar-refractivity contribution in [3.63, 3.8) is 0 Å². The van der Waals surface area contributed by atoms with Gasteiger partial charge >= 0.3 is 0 Å². The normalized spacial score (nSPS) is 16.0. The van der Waals surface area contributed by atoms with Gasteiger partial charge in [-0.15, -0.1) is 0 Å². The lowest BCUT2D eigenvalue weighted by molar-refractivity contribution is -0.131. The summed E-state index contributed by atoms with van der Waals surface area (Å²) < 4.78 is 6.69. The van der Waals surface area contributed by atoms with E-state index in [1.54, 1.807) is 0 Å². The van der Waals surface area contributed by atoms with Gasteiger partial charge in [0.15, 0.2) is 0 Å². The molecule has 1 aromatic carbocycles. The van der Waals surface area contributed by atoms with Gasteiger partial charge in [-0.05, 0) is 41.4 Å². The summed E-state index contributed by atoms with van der Waals surface area (Å²) in [6.45, 7) is 6.76. The van der Waals surface area contributed by atoms with Gasteiger partial charge < -0.3 is 4.90 Å². The minimum atomic E-state index is 0.202. The number of carbonyl (C=O) groups is 1. The molecule has 8 nitrogen and oxygen atoms in total. The third kappa shape index (κ3) is 4.16. The second-order valence-corrected chi connectivity index (χ2v) is 7.03. The van der Waals surface area contributed by atoms with E-state index in [-0.39, 0.29) is 5.91 Å². The summed E-state index contributed by atoms with van der Waals surface area (Å²) in [5, 5.41) is 12.3. The molecule has 8 heteroatoms. The highest BCUT2D eigenvalue weighted by molar-refractivity contribution is 5.77. The zero-order chi connectivity index (χ0) is 18.6. The number of hydrogen-bond acceptors (Lipinski definition) is 6. The van der Waals surface area contributed by atoms with Crippen molar-refractivity contribution in [2.24, 2.45) is 0 Å². The summed E-state index contributed by atoms with van der Waals surface area (Å²) in [4.78, 5) is 16.9. The Balaban J connectivity index is 1.32. The van der Waals surface area contributed by atoms with Crippen molar-refractivity contribution in [1.29, 1.82) is 0 Å². The number of carbonyl (C=O) groups excluding carboxylic acids is 1. The Morgan fingerprint density at radius 1 is 1.15 bits per heavy atom. The predicted octanol–water partition coefficient (Wildman–Crippen LogP) is 1.85. The molecule has 1 aliphatic heterocycles. The van der Waals surface area contributed by atoms with Gasteiger partial charge in [0, 0.05) is 51.9 Å². The first-order valence-electron chi connectivity index (χ1n) is 9.39. The zero-order valence-electron chi connectivity index (χ0n) is 15.5. The van der Waals surface area contributed by atoms with Crippen LogP contribution in [0.1, 0.15) is 24.1 Å². The van der Waals surface area contributed by atoms with E-state index in [9.17, 15) is 4.79 Å². The van der Waals surface area contributed by atoms with Crippen LogP contribution in [-0.2, 0) is 17.9 Å². The minimum Gasteiger partial charge on any atom is -0.341 e. The highest BCUT2D eigenvalue weighted by atomic mass is 16.6. The molecule has 1 amide bonds. The van der Waals surface area contributed by atoms with Crippen molar-refractivity contribution >= 4 is 16.9 Å². The Hall–Kier alpha value is -2.74. The highest BCUT2D eigenvalue weighted by Gasteiger charge is 2.20. The summed E-state index contributed by atoms with van der Waals surface area (Å²) in [6.07, 6.45) is 3.39. The van der Waals surface area contributed by atoms with Gasteiger partial charge in [-0.3, -0.25) is 14.4 Å². The van der Waals surface area contributed by atoms with E-state index < -0.39 is 0 Å². The maximum absolute atomic E-state index is 12.6. The van der Waals surface area contributed by atoms with E-state index in [1.165, 1.54) is 0 Å². The third-order valence-corrected chi connectivity index (χ3v) is 5.03. The van der Waals surface area contributed by atoms with Crippen molar-refractivity contribution in [2.75, 3.05) is 26.2 Å². The largest absolute Gasteiger partial charge is 0.341 e. The van der Waals surface area contributed by atoms with E-state index >= 15 is 0 Å². The lowest BCUT2D eigenvalue weighted by Gasteiger charge is -2.22. The molecule has 1 saturated heterocycles. The fraction of sp³-hybridized carbons (Fsp3) is 0.474. The van der Waals surface area contributed by atoms with Crippen LogP contribution in [0, 0.1) is 6.92 Å². The standard InChI is InChI=1S/C19H24N6O2/c1-15-6-10-25(20-15)11-7-18(26)24-9-3-8-23(12-13-24)14-16-4-2-5-17-19(16)22-27-21-17/h2,4-6,10H,3,7-9,11-14H2,1H3. The number of benzene rings is 1. The molecular formula is C19H24N6O2. The Morgan fingerprint density at radius 3 is 2.93 bits per heavy atom. The summed E-state index contributed by atoms with van der Waals surface area (Å²) in [6, 6.07) is 7.90. The van der Waals surface area contributed by atoms with Gasteiger partial charge in [-0.25, -0.2) is 4.63 Å². The highest BCUT2D eigenvalue weighted by Crippen LogP contribution is 2.17. The van der Waals surface area contributed by atoms with E-state index in [2.05, 4.69) is 26.4 Å².